The normalized spacial score (nSPS) is 13.4. The van der Waals surface area contributed by atoms with Crippen molar-refractivity contribution in [2.45, 2.75) is 110 Å². The molecule has 29 heavy (non-hydrogen) atoms. The molecule has 0 fully saturated rings. The van der Waals surface area contributed by atoms with Gasteiger partial charge in [0.1, 0.15) is 12.7 Å². The molecule has 0 rings (SSSR count). The molecule has 0 radical (unpaired) electrons. The smallest absolute Gasteiger partial charge is 0.305 e. The first-order valence-electron chi connectivity index (χ1n) is 11.6. The molecule has 0 saturated carbocycles. The molecule has 0 aromatic carbocycles. The zero-order valence-corrected chi connectivity index (χ0v) is 20.5. The van der Waals surface area contributed by atoms with Crippen LogP contribution < -0.4 is 0 Å². The molecule has 0 aliphatic rings. The van der Waals surface area contributed by atoms with Crippen LogP contribution in [0.15, 0.2) is 24.3 Å². The third-order valence-electron chi connectivity index (χ3n) is 4.49. The third-order valence-corrected chi connectivity index (χ3v) is 5.53. The first-order valence-corrected chi connectivity index (χ1v) is 15.0. The van der Waals surface area contributed by atoms with Crippen molar-refractivity contribution in [1.29, 1.82) is 0 Å². The van der Waals surface area contributed by atoms with Crippen LogP contribution in [0.25, 0.3) is 0 Å². The van der Waals surface area contributed by atoms with Crippen molar-refractivity contribution in [2.24, 2.45) is 0 Å². The van der Waals surface area contributed by atoms with Gasteiger partial charge in [-0.1, -0.05) is 63.3 Å². The zero-order chi connectivity index (χ0) is 21.8. The largest absolute Gasteiger partial charge is 0.463 e. The summed E-state index contributed by atoms with van der Waals surface area (Å²) in [6, 6.07) is 0. The molecular weight excluding hydrogens is 380 g/mol. The number of allylic oxidation sites excluding steroid dienone is 4. The summed E-state index contributed by atoms with van der Waals surface area (Å²) in [5.74, 6) is -0.187. The molecule has 0 saturated heterocycles. The highest BCUT2D eigenvalue weighted by Crippen LogP contribution is 2.10. The summed E-state index contributed by atoms with van der Waals surface area (Å²) in [4.78, 5) is 11.8. The summed E-state index contributed by atoms with van der Waals surface area (Å²) >= 11 is 0. The first kappa shape index (κ1) is 28.1. The van der Waals surface area contributed by atoms with Crippen LogP contribution in [-0.2, 0) is 14.0 Å². The Morgan fingerprint density at radius 3 is 2.07 bits per heavy atom. The molecule has 0 amide bonds. The fourth-order valence-corrected chi connectivity index (χ4v) is 4.11. The van der Waals surface area contributed by atoms with Gasteiger partial charge in [0, 0.05) is 6.42 Å². The molecule has 1 atom stereocenters. The molecule has 4 nitrogen and oxygen atoms in total. The van der Waals surface area contributed by atoms with E-state index in [-0.39, 0.29) is 19.2 Å². The molecular formula is C24H46O4Si. The lowest BCUT2D eigenvalue weighted by Gasteiger charge is -2.24. The molecule has 0 aromatic heterocycles. The highest BCUT2D eigenvalue weighted by Gasteiger charge is 2.21. The van der Waals surface area contributed by atoms with Gasteiger partial charge in [-0.2, -0.15) is 0 Å². The Morgan fingerprint density at radius 1 is 0.897 bits per heavy atom. The number of hydrogen-bond acceptors (Lipinski definition) is 4. The summed E-state index contributed by atoms with van der Waals surface area (Å²) in [5.41, 5.74) is 0. The topological polar surface area (TPSA) is 55.8 Å². The van der Waals surface area contributed by atoms with E-state index >= 15 is 0 Å². The minimum absolute atomic E-state index is 0.110. The van der Waals surface area contributed by atoms with Crippen LogP contribution in [0.1, 0.15) is 84.0 Å². The Bertz CT molecular complexity index is 441. The van der Waals surface area contributed by atoms with Gasteiger partial charge in [0.05, 0.1) is 6.61 Å². The SMILES string of the molecule is CCCCC/C=C\C/C=C\CCCCCCCC(=O)OCC(CO)O[Si](C)(C)C. The summed E-state index contributed by atoms with van der Waals surface area (Å²) in [7, 11) is -1.74. The highest BCUT2D eigenvalue weighted by molar-refractivity contribution is 6.69. The minimum atomic E-state index is -1.74. The van der Waals surface area contributed by atoms with Crippen molar-refractivity contribution in [3.05, 3.63) is 24.3 Å². The fraction of sp³-hybridized carbons (Fsp3) is 0.792. The quantitative estimate of drug-likeness (QED) is 0.110. The van der Waals surface area contributed by atoms with Gasteiger partial charge in [0.15, 0.2) is 8.32 Å². The molecule has 1 N–H and O–H groups in total. The second kappa shape index (κ2) is 19.1. The van der Waals surface area contributed by atoms with E-state index in [4.69, 9.17) is 9.16 Å². The van der Waals surface area contributed by atoms with E-state index in [1.165, 1.54) is 38.5 Å². The Balaban J connectivity index is 3.51. The van der Waals surface area contributed by atoms with Crippen molar-refractivity contribution in [2.75, 3.05) is 13.2 Å². The number of unbranched alkanes of at least 4 members (excludes halogenated alkanes) is 8. The molecule has 0 heterocycles. The molecule has 1 unspecified atom stereocenters. The average molecular weight is 427 g/mol. The van der Waals surface area contributed by atoms with Gasteiger partial charge in [0.25, 0.3) is 0 Å². The van der Waals surface area contributed by atoms with Crippen LogP contribution in [0.3, 0.4) is 0 Å². The van der Waals surface area contributed by atoms with Crippen LogP contribution in [-0.4, -0.2) is 38.7 Å². The van der Waals surface area contributed by atoms with Crippen LogP contribution in [0.2, 0.25) is 19.6 Å². The zero-order valence-electron chi connectivity index (χ0n) is 19.5. The lowest BCUT2D eigenvalue weighted by Crippen LogP contribution is -2.37. The van der Waals surface area contributed by atoms with Crippen molar-refractivity contribution >= 4 is 14.3 Å². The van der Waals surface area contributed by atoms with Gasteiger partial charge in [-0.25, -0.2) is 0 Å². The Morgan fingerprint density at radius 2 is 1.48 bits per heavy atom. The molecule has 0 aliphatic carbocycles. The maximum atomic E-state index is 11.8. The predicted molar refractivity (Wildman–Crippen MR) is 126 cm³/mol. The second-order valence-electron chi connectivity index (χ2n) is 8.70. The fourth-order valence-electron chi connectivity index (χ4n) is 2.96. The van der Waals surface area contributed by atoms with Crippen LogP contribution >= 0.6 is 0 Å². The molecule has 0 spiro atoms. The third kappa shape index (κ3) is 21.6. The predicted octanol–water partition coefficient (Wildman–Crippen LogP) is 6.56. The average Bonchev–Trinajstić information content (AvgIpc) is 2.67. The summed E-state index contributed by atoms with van der Waals surface area (Å²) in [6.07, 6.45) is 22.0. The van der Waals surface area contributed by atoms with Gasteiger partial charge in [-0.15, -0.1) is 0 Å². The number of ether oxygens (including phenoxy) is 1. The summed E-state index contributed by atoms with van der Waals surface area (Å²) < 4.78 is 11.0. The van der Waals surface area contributed by atoms with Crippen molar-refractivity contribution < 1.29 is 19.1 Å². The van der Waals surface area contributed by atoms with E-state index in [1.807, 2.05) is 0 Å². The van der Waals surface area contributed by atoms with Gasteiger partial charge < -0.3 is 14.3 Å². The first-order chi connectivity index (χ1) is 13.9. The lowest BCUT2D eigenvalue weighted by molar-refractivity contribution is -0.147. The standard InChI is InChI=1S/C24H46O4Si/c1-5-6-7-8-9-10-11-12-13-14-15-16-17-18-19-20-24(26)27-22-23(21-25)28-29(2,3)4/h9-10,12-13,23,25H,5-8,11,14-22H2,1-4H3/b10-9-,13-12-. The van der Waals surface area contributed by atoms with Crippen molar-refractivity contribution in [1.82, 2.24) is 0 Å². The van der Waals surface area contributed by atoms with Gasteiger partial charge in [-0.3, -0.25) is 4.79 Å². The van der Waals surface area contributed by atoms with Crippen molar-refractivity contribution in [3.63, 3.8) is 0 Å². The van der Waals surface area contributed by atoms with Crippen molar-refractivity contribution in [3.8, 4) is 0 Å². The van der Waals surface area contributed by atoms with E-state index in [0.717, 1.165) is 32.1 Å². The van der Waals surface area contributed by atoms with Crippen LogP contribution in [0.4, 0.5) is 0 Å². The van der Waals surface area contributed by atoms with E-state index in [0.29, 0.717) is 6.42 Å². The molecule has 170 valence electrons. The number of aliphatic hydroxyl groups excluding tert-OH is 1. The number of carbonyl (C=O) groups is 1. The number of carbonyl (C=O) groups excluding carboxylic acids is 1. The van der Waals surface area contributed by atoms with Gasteiger partial charge in [-0.05, 0) is 58.2 Å². The number of aliphatic hydroxyl groups is 1. The Labute approximate surface area is 180 Å². The monoisotopic (exact) mass is 426 g/mol. The Hall–Kier alpha value is -0.913. The molecule has 5 heteroatoms. The molecule has 0 aromatic rings. The molecule has 0 bridgehead atoms. The minimum Gasteiger partial charge on any atom is -0.463 e. The Kier molecular flexibility index (Phi) is 18.5. The van der Waals surface area contributed by atoms with E-state index in [1.54, 1.807) is 0 Å². The second-order valence-corrected chi connectivity index (χ2v) is 13.2. The summed E-state index contributed by atoms with van der Waals surface area (Å²) in [6.45, 7) is 8.45. The maximum absolute atomic E-state index is 11.8. The number of hydrogen-bond donors (Lipinski definition) is 1. The maximum Gasteiger partial charge on any atom is 0.305 e. The van der Waals surface area contributed by atoms with E-state index in [2.05, 4.69) is 50.9 Å². The van der Waals surface area contributed by atoms with Crippen LogP contribution in [0, 0.1) is 0 Å². The summed E-state index contributed by atoms with van der Waals surface area (Å²) in [5, 5.41) is 9.32. The van der Waals surface area contributed by atoms with Crippen LogP contribution in [0.5, 0.6) is 0 Å². The number of rotatable bonds is 19. The lowest BCUT2D eigenvalue weighted by atomic mass is 10.1. The van der Waals surface area contributed by atoms with Gasteiger partial charge in [0.2, 0.25) is 0 Å². The molecule has 0 aliphatic heterocycles. The van der Waals surface area contributed by atoms with E-state index in [9.17, 15) is 9.90 Å². The van der Waals surface area contributed by atoms with Gasteiger partial charge >= 0.3 is 5.97 Å². The highest BCUT2D eigenvalue weighted by atomic mass is 28.4. The number of esters is 1. The van der Waals surface area contributed by atoms with E-state index < -0.39 is 14.4 Å².